The molecule has 0 aromatic carbocycles. The molecule has 2 aliphatic rings. The normalized spacial score (nSPS) is 43.9. The van der Waals surface area contributed by atoms with Gasteiger partial charge in [-0.25, -0.2) is 0 Å². The SMILES string of the molecule is CC1CN(C(C)C2CC2(C)C)CC1N. The molecule has 2 N–H and O–H groups in total. The average Bonchev–Trinajstić information content (AvgIpc) is 2.59. The molecular weight excluding hydrogens is 172 g/mol. The Morgan fingerprint density at radius 3 is 2.29 bits per heavy atom. The zero-order chi connectivity index (χ0) is 10.5. The van der Waals surface area contributed by atoms with Crippen molar-refractivity contribution in [1.29, 1.82) is 0 Å². The van der Waals surface area contributed by atoms with Crippen LogP contribution in [0.2, 0.25) is 0 Å². The first kappa shape index (κ1) is 10.4. The fraction of sp³-hybridized carbons (Fsp3) is 1.00. The Balaban J connectivity index is 1.91. The molecule has 4 unspecified atom stereocenters. The van der Waals surface area contributed by atoms with Gasteiger partial charge in [-0.15, -0.1) is 0 Å². The van der Waals surface area contributed by atoms with Crippen LogP contribution in [-0.2, 0) is 0 Å². The van der Waals surface area contributed by atoms with Crippen molar-refractivity contribution in [2.45, 2.75) is 46.2 Å². The van der Waals surface area contributed by atoms with Gasteiger partial charge >= 0.3 is 0 Å². The van der Waals surface area contributed by atoms with Crippen LogP contribution < -0.4 is 5.73 Å². The predicted molar refractivity (Wildman–Crippen MR) is 60.1 cm³/mol. The lowest BCUT2D eigenvalue weighted by atomic mass is 10.0. The van der Waals surface area contributed by atoms with E-state index >= 15 is 0 Å². The maximum atomic E-state index is 6.05. The number of hydrogen-bond acceptors (Lipinski definition) is 2. The predicted octanol–water partition coefficient (Wildman–Crippen LogP) is 1.70. The molecule has 1 heterocycles. The van der Waals surface area contributed by atoms with E-state index in [1.54, 1.807) is 0 Å². The Bertz CT molecular complexity index is 214. The van der Waals surface area contributed by atoms with Crippen LogP contribution in [0.25, 0.3) is 0 Å². The molecule has 82 valence electrons. The highest BCUT2D eigenvalue weighted by molar-refractivity contribution is 5.02. The minimum Gasteiger partial charge on any atom is -0.326 e. The van der Waals surface area contributed by atoms with Crippen molar-refractivity contribution in [3.05, 3.63) is 0 Å². The summed E-state index contributed by atoms with van der Waals surface area (Å²) in [5, 5.41) is 0. The van der Waals surface area contributed by atoms with Crippen LogP contribution in [0, 0.1) is 17.3 Å². The van der Waals surface area contributed by atoms with E-state index in [9.17, 15) is 0 Å². The van der Waals surface area contributed by atoms with Gasteiger partial charge in [-0.05, 0) is 30.6 Å². The Hall–Kier alpha value is -0.0800. The van der Waals surface area contributed by atoms with Crippen molar-refractivity contribution >= 4 is 0 Å². The molecule has 2 fully saturated rings. The van der Waals surface area contributed by atoms with Gasteiger partial charge in [0.05, 0.1) is 0 Å². The zero-order valence-electron chi connectivity index (χ0n) is 9.96. The third kappa shape index (κ3) is 1.70. The molecule has 0 radical (unpaired) electrons. The van der Waals surface area contributed by atoms with Crippen LogP contribution in [0.5, 0.6) is 0 Å². The summed E-state index contributed by atoms with van der Waals surface area (Å²) in [6.45, 7) is 11.7. The van der Waals surface area contributed by atoms with Crippen molar-refractivity contribution in [1.82, 2.24) is 4.90 Å². The number of nitrogens with two attached hydrogens (primary N) is 1. The van der Waals surface area contributed by atoms with E-state index < -0.39 is 0 Å². The Morgan fingerprint density at radius 2 is 1.93 bits per heavy atom. The van der Waals surface area contributed by atoms with Gasteiger partial charge < -0.3 is 5.73 Å². The highest BCUT2D eigenvalue weighted by atomic mass is 15.2. The van der Waals surface area contributed by atoms with Crippen molar-refractivity contribution < 1.29 is 0 Å². The molecule has 0 aromatic heterocycles. The van der Waals surface area contributed by atoms with Gasteiger partial charge in [-0.3, -0.25) is 4.90 Å². The van der Waals surface area contributed by atoms with Crippen molar-refractivity contribution in [3.63, 3.8) is 0 Å². The van der Waals surface area contributed by atoms with Gasteiger partial charge in [0.25, 0.3) is 0 Å². The molecular formula is C12H24N2. The molecule has 1 aliphatic carbocycles. The summed E-state index contributed by atoms with van der Waals surface area (Å²) < 4.78 is 0. The van der Waals surface area contributed by atoms with Crippen molar-refractivity contribution in [2.24, 2.45) is 23.0 Å². The summed E-state index contributed by atoms with van der Waals surface area (Å²) in [6, 6.07) is 1.14. The van der Waals surface area contributed by atoms with Gasteiger partial charge in [-0.2, -0.15) is 0 Å². The van der Waals surface area contributed by atoms with Crippen LogP contribution in [0.1, 0.15) is 34.1 Å². The lowest BCUT2D eigenvalue weighted by molar-refractivity contribution is 0.211. The fourth-order valence-electron chi connectivity index (χ4n) is 2.95. The molecule has 0 aromatic rings. The molecule has 14 heavy (non-hydrogen) atoms. The van der Waals surface area contributed by atoms with Crippen molar-refractivity contribution in [3.8, 4) is 0 Å². The lowest BCUT2D eigenvalue weighted by Crippen LogP contribution is -2.35. The summed E-state index contributed by atoms with van der Waals surface area (Å²) >= 11 is 0. The van der Waals surface area contributed by atoms with Gasteiger partial charge in [0.15, 0.2) is 0 Å². The molecule has 2 rings (SSSR count). The number of nitrogens with zero attached hydrogens (tertiary/aromatic N) is 1. The highest BCUT2D eigenvalue weighted by Gasteiger charge is 2.50. The molecule has 1 saturated heterocycles. The quantitative estimate of drug-likeness (QED) is 0.728. The lowest BCUT2D eigenvalue weighted by Gasteiger charge is -2.25. The van der Waals surface area contributed by atoms with Crippen molar-refractivity contribution in [2.75, 3.05) is 13.1 Å². The minimum atomic E-state index is 0.402. The topological polar surface area (TPSA) is 29.3 Å². The molecule has 4 atom stereocenters. The summed E-state index contributed by atoms with van der Waals surface area (Å²) in [7, 11) is 0. The van der Waals surface area contributed by atoms with E-state index in [-0.39, 0.29) is 0 Å². The number of likely N-dealkylation sites (tertiary alicyclic amines) is 1. The molecule has 1 saturated carbocycles. The van der Waals surface area contributed by atoms with Crippen LogP contribution in [-0.4, -0.2) is 30.1 Å². The molecule has 1 aliphatic heterocycles. The Morgan fingerprint density at radius 1 is 1.36 bits per heavy atom. The van der Waals surface area contributed by atoms with Gasteiger partial charge in [0.2, 0.25) is 0 Å². The van der Waals surface area contributed by atoms with Crippen LogP contribution in [0.3, 0.4) is 0 Å². The first-order valence-electron chi connectivity index (χ1n) is 5.91. The maximum absolute atomic E-state index is 6.05. The molecule has 0 bridgehead atoms. The second-order valence-corrected chi connectivity index (χ2v) is 6.13. The first-order valence-corrected chi connectivity index (χ1v) is 5.91. The molecule has 0 spiro atoms. The summed E-state index contributed by atoms with van der Waals surface area (Å²) in [4.78, 5) is 2.59. The van der Waals surface area contributed by atoms with Gasteiger partial charge in [-0.1, -0.05) is 20.8 Å². The molecule has 2 heteroatoms. The third-order valence-electron chi connectivity index (χ3n) is 4.45. The van der Waals surface area contributed by atoms with Crippen LogP contribution in [0.15, 0.2) is 0 Å². The maximum Gasteiger partial charge on any atom is 0.0206 e. The smallest absolute Gasteiger partial charge is 0.0206 e. The van der Waals surface area contributed by atoms with E-state index in [1.165, 1.54) is 13.0 Å². The second kappa shape index (κ2) is 3.21. The van der Waals surface area contributed by atoms with Gasteiger partial charge in [0.1, 0.15) is 0 Å². The highest BCUT2D eigenvalue weighted by Crippen LogP contribution is 2.54. The van der Waals surface area contributed by atoms with Crippen LogP contribution >= 0.6 is 0 Å². The fourth-order valence-corrected chi connectivity index (χ4v) is 2.95. The number of hydrogen-bond donors (Lipinski definition) is 1. The Kier molecular flexibility index (Phi) is 2.39. The monoisotopic (exact) mass is 196 g/mol. The van der Waals surface area contributed by atoms with E-state index in [1.807, 2.05) is 0 Å². The van der Waals surface area contributed by atoms with Crippen LogP contribution in [0.4, 0.5) is 0 Å². The summed E-state index contributed by atoms with van der Waals surface area (Å²) in [6.07, 6.45) is 1.40. The zero-order valence-corrected chi connectivity index (χ0v) is 9.96. The second-order valence-electron chi connectivity index (χ2n) is 6.13. The average molecular weight is 196 g/mol. The van der Waals surface area contributed by atoms with Gasteiger partial charge in [0, 0.05) is 25.2 Å². The summed E-state index contributed by atoms with van der Waals surface area (Å²) in [5.74, 6) is 1.58. The van der Waals surface area contributed by atoms with E-state index in [0.29, 0.717) is 17.4 Å². The Labute approximate surface area is 87.8 Å². The summed E-state index contributed by atoms with van der Waals surface area (Å²) in [5.41, 5.74) is 6.65. The van der Waals surface area contributed by atoms with E-state index in [0.717, 1.165) is 18.5 Å². The largest absolute Gasteiger partial charge is 0.326 e. The standard InChI is InChI=1S/C12H24N2/c1-8-6-14(7-11(8)13)9(2)10-5-12(10,3)4/h8-11H,5-7,13H2,1-4H3. The first-order chi connectivity index (χ1) is 6.42. The third-order valence-corrected chi connectivity index (χ3v) is 4.45. The minimum absolute atomic E-state index is 0.402. The molecule has 2 nitrogen and oxygen atoms in total. The molecule has 0 amide bonds. The number of rotatable bonds is 2. The van der Waals surface area contributed by atoms with E-state index in [4.69, 9.17) is 5.73 Å². The van der Waals surface area contributed by atoms with E-state index in [2.05, 4.69) is 32.6 Å².